The molecule has 0 aliphatic heterocycles. The Kier molecular flexibility index (Phi) is 19.1. The molecule has 0 heterocycles. The van der Waals surface area contributed by atoms with Crippen molar-refractivity contribution in [1.29, 1.82) is 0 Å². The molecule has 6 aromatic carbocycles. The van der Waals surface area contributed by atoms with Crippen LogP contribution in [0, 0.1) is 43.7 Å². The van der Waals surface area contributed by atoms with Crippen LogP contribution in [-0.4, -0.2) is 70.3 Å². The maximum absolute atomic E-state index is 14.7. The zero-order chi connectivity index (χ0) is 52.1. The van der Waals surface area contributed by atoms with Crippen LogP contribution in [0.2, 0.25) is 0 Å². The second-order valence-corrected chi connectivity index (χ2v) is 22.0. The summed E-state index contributed by atoms with van der Waals surface area (Å²) in [6.07, 6.45) is 20.3. The average molecular weight is 1200 g/mol. The molecule has 1 N–H and O–H groups in total. The Labute approximate surface area is 457 Å². The van der Waals surface area contributed by atoms with Crippen LogP contribution in [0.1, 0.15) is 106 Å². The minimum absolute atomic E-state index is 0.0589. The molecule has 8 rings (SSSR count). The van der Waals surface area contributed by atoms with Crippen LogP contribution in [0.15, 0.2) is 133 Å². The predicted molar refractivity (Wildman–Crippen MR) is 309 cm³/mol. The smallest absolute Gasteiger partial charge is 0.421 e. The van der Waals surface area contributed by atoms with Gasteiger partial charge in [-0.15, -0.1) is 12.8 Å². The number of anilines is 2. The highest BCUT2D eigenvalue weighted by atomic mass is 127. The van der Waals surface area contributed by atoms with Crippen LogP contribution in [-0.2, 0) is 14.3 Å². The molecular weight excluding hydrogens is 1140 g/mol. The highest BCUT2D eigenvalue weighted by Crippen LogP contribution is 2.35. The summed E-state index contributed by atoms with van der Waals surface area (Å²) in [7, 11) is 0. The van der Waals surface area contributed by atoms with Crippen LogP contribution in [0.3, 0.4) is 0 Å². The zero-order valence-electron chi connectivity index (χ0n) is 41.7. The van der Waals surface area contributed by atoms with Gasteiger partial charge in [-0.1, -0.05) is 135 Å². The number of carbonyl (C=O) groups is 5. The molecule has 2 aliphatic rings. The van der Waals surface area contributed by atoms with Gasteiger partial charge in [0.25, 0.3) is 17.7 Å². The molecule has 5 amide bonds. The van der Waals surface area contributed by atoms with Crippen LogP contribution in [0.25, 0.3) is 21.5 Å². The molecule has 376 valence electrons. The molecule has 0 spiro atoms. The van der Waals surface area contributed by atoms with Crippen molar-refractivity contribution in [2.45, 2.75) is 103 Å². The van der Waals surface area contributed by atoms with Crippen molar-refractivity contribution < 1.29 is 28.7 Å². The molecule has 2 aliphatic carbocycles. The number of hydrogen-bond acceptors (Lipinski definition) is 6. The van der Waals surface area contributed by atoms with Crippen LogP contribution < -0.4 is 10.2 Å². The molecule has 0 bridgehead atoms. The standard InChI is InChI=1S/C33H35IN2O4.C28H27IN2O2/c1-5-21-35(30(37)27-17-11-12-18-28(27)34)29(24-14-7-6-8-15-24)31(38)36(32(39)40-33(2,3)4)26-20-19-23-13-9-10-16-25(23)22-26;1-2-18-31(28(33)24-14-8-9-15-25(24)29)26(21-11-4-3-5-12-21)27(32)30-23-17-16-20-10-6-7-13-22(20)19-23/h1,9-13,16-20,22,24,29H,6-8,14-15,21H2,2-4H3;1,6-10,13-17,19,21,26H,3-5,11-12,18H2,(H,30,32). The van der Waals surface area contributed by atoms with E-state index in [2.05, 4.69) is 62.3 Å². The fourth-order valence-electron chi connectivity index (χ4n) is 10.0. The van der Waals surface area contributed by atoms with Crippen molar-refractivity contribution in [3.8, 4) is 24.7 Å². The Morgan fingerprint density at radius 3 is 1.52 bits per heavy atom. The summed E-state index contributed by atoms with van der Waals surface area (Å²) >= 11 is 4.28. The maximum atomic E-state index is 14.7. The lowest BCUT2D eigenvalue weighted by molar-refractivity contribution is -0.125. The number of rotatable bonds is 12. The molecule has 2 fully saturated rings. The van der Waals surface area contributed by atoms with E-state index in [9.17, 15) is 24.0 Å². The van der Waals surface area contributed by atoms with Crippen molar-refractivity contribution >= 4 is 108 Å². The number of nitrogens with zero attached hydrogens (tertiary/aromatic N) is 3. The number of benzene rings is 6. The number of amides is 5. The van der Waals surface area contributed by atoms with Crippen LogP contribution in [0.5, 0.6) is 0 Å². The van der Waals surface area contributed by atoms with Crippen molar-refractivity contribution in [3.63, 3.8) is 0 Å². The molecule has 6 aromatic rings. The highest BCUT2D eigenvalue weighted by Gasteiger charge is 2.43. The molecular formula is C61H62I2N4O6. The number of imide groups is 1. The molecule has 10 nitrogen and oxygen atoms in total. The molecule has 0 saturated heterocycles. The Morgan fingerprint density at radius 1 is 0.589 bits per heavy atom. The Bertz CT molecular complexity index is 3030. The maximum Gasteiger partial charge on any atom is 0.421 e. The van der Waals surface area contributed by atoms with Crippen molar-refractivity contribution in [1.82, 2.24) is 9.80 Å². The molecule has 2 unspecified atom stereocenters. The van der Waals surface area contributed by atoms with Gasteiger partial charge in [0.2, 0.25) is 5.91 Å². The van der Waals surface area contributed by atoms with E-state index < -0.39 is 29.7 Å². The van der Waals surface area contributed by atoms with Crippen LogP contribution >= 0.6 is 45.2 Å². The average Bonchev–Trinajstić information content (AvgIpc) is 3.38. The topological polar surface area (TPSA) is 116 Å². The van der Waals surface area contributed by atoms with Gasteiger partial charge >= 0.3 is 6.09 Å². The largest absolute Gasteiger partial charge is 0.443 e. The predicted octanol–water partition coefficient (Wildman–Crippen LogP) is 13.5. The molecule has 73 heavy (non-hydrogen) atoms. The summed E-state index contributed by atoms with van der Waals surface area (Å²) in [4.78, 5) is 74.0. The zero-order valence-corrected chi connectivity index (χ0v) is 46.0. The molecule has 0 aromatic heterocycles. The van der Waals surface area contributed by atoms with E-state index in [1.165, 1.54) is 4.90 Å². The second-order valence-electron chi connectivity index (χ2n) is 19.7. The Hall–Kier alpha value is -6.23. The van der Waals surface area contributed by atoms with Gasteiger partial charge in [0.15, 0.2) is 0 Å². The van der Waals surface area contributed by atoms with Gasteiger partial charge in [-0.3, -0.25) is 19.2 Å². The number of fused-ring (bicyclic) bond motifs is 2. The van der Waals surface area contributed by atoms with Gasteiger partial charge in [-0.25, -0.2) is 9.69 Å². The summed E-state index contributed by atoms with van der Waals surface area (Å²) in [5, 5.41) is 7.12. The van der Waals surface area contributed by atoms with E-state index in [0.717, 1.165) is 103 Å². The van der Waals surface area contributed by atoms with E-state index in [4.69, 9.17) is 17.6 Å². The summed E-state index contributed by atoms with van der Waals surface area (Å²) in [5.41, 5.74) is 1.33. The van der Waals surface area contributed by atoms with E-state index in [-0.39, 0.29) is 42.6 Å². The van der Waals surface area contributed by atoms with E-state index in [1.54, 1.807) is 49.9 Å². The van der Waals surface area contributed by atoms with Gasteiger partial charge in [0, 0.05) is 12.8 Å². The SMILES string of the molecule is C#CCN(C(=O)c1ccccc1I)C(C(=O)N(C(=O)OC(C)(C)C)c1ccc2ccccc2c1)C1CCCCC1.C#CCN(C(=O)c1ccccc1I)C(C(=O)Nc1ccc2ccccc2c1)C1CCCCC1. The Balaban J connectivity index is 0.000000218. The number of carbonyl (C=O) groups excluding carboxylic acids is 5. The number of hydrogen-bond donors (Lipinski definition) is 1. The van der Waals surface area contributed by atoms with Gasteiger partial charge in [0.05, 0.1) is 29.9 Å². The monoisotopic (exact) mass is 1200 g/mol. The fourth-order valence-corrected chi connectivity index (χ4v) is 11.3. The number of terminal acetylenes is 2. The third kappa shape index (κ3) is 13.9. The lowest BCUT2D eigenvalue weighted by Gasteiger charge is -2.39. The second kappa shape index (κ2) is 25.6. The van der Waals surface area contributed by atoms with E-state index >= 15 is 0 Å². The summed E-state index contributed by atoms with van der Waals surface area (Å²) in [5.74, 6) is 3.96. The van der Waals surface area contributed by atoms with Gasteiger partial charge in [-0.05, 0) is 174 Å². The minimum Gasteiger partial charge on any atom is -0.443 e. The van der Waals surface area contributed by atoms with E-state index in [1.807, 2.05) is 109 Å². The molecule has 2 atom stereocenters. The first kappa shape index (κ1) is 54.5. The highest BCUT2D eigenvalue weighted by molar-refractivity contribution is 14.1. The molecule has 12 heteroatoms. The summed E-state index contributed by atoms with van der Waals surface area (Å²) in [6.45, 7) is 5.32. The van der Waals surface area contributed by atoms with Crippen molar-refractivity contribution in [3.05, 3.63) is 152 Å². The first-order valence-corrected chi connectivity index (χ1v) is 27.2. The number of ether oxygens (including phenoxy) is 1. The van der Waals surface area contributed by atoms with Crippen molar-refractivity contribution in [2.75, 3.05) is 23.3 Å². The lowest BCUT2D eigenvalue weighted by Crippen LogP contribution is -2.57. The third-order valence-electron chi connectivity index (χ3n) is 13.4. The Morgan fingerprint density at radius 2 is 1.03 bits per heavy atom. The lowest BCUT2D eigenvalue weighted by atomic mass is 9.82. The van der Waals surface area contributed by atoms with Gasteiger partial charge in [-0.2, -0.15) is 0 Å². The quantitative estimate of drug-likeness (QED) is 0.0964. The third-order valence-corrected chi connectivity index (χ3v) is 15.3. The van der Waals surface area contributed by atoms with Gasteiger partial charge < -0.3 is 19.9 Å². The van der Waals surface area contributed by atoms with E-state index in [0.29, 0.717) is 16.8 Å². The first-order chi connectivity index (χ1) is 35.2. The normalized spacial score (nSPS) is 14.8. The first-order valence-electron chi connectivity index (χ1n) is 25.0. The summed E-state index contributed by atoms with van der Waals surface area (Å²) in [6, 6.07) is 40.2. The number of halogens is 2. The van der Waals surface area contributed by atoms with Crippen LogP contribution in [0.4, 0.5) is 16.2 Å². The summed E-state index contributed by atoms with van der Waals surface area (Å²) < 4.78 is 7.36. The molecule has 2 saturated carbocycles. The van der Waals surface area contributed by atoms with Crippen molar-refractivity contribution in [2.24, 2.45) is 11.8 Å². The fraction of sp³-hybridized carbons (Fsp3) is 0.328. The minimum atomic E-state index is -0.932. The van der Waals surface area contributed by atoms with Gasteiger partial charge in [0.1, 0.15) is 17.7 Å². The number of nitrogens with one attached hydrogen (secondary N) is 1. The molecule has 0 radical (unpaired) electrons.